The largest absolute Gasteiger partial charge is 0.356 e. The molecule has 0 fully saturated rings. The molecule has 0 aliphatic carbocycles. The second kappa shape index (κ2) is 9.77. The first kappa shape index (κ1) is 23.9. The molecular formula is C23H26FN2O5P. The zero-order valence-corrected chi connectivity index (χ0v) is 18.8. The molecule has 1 heterocycles. The molecule has 0 radical (unpaired) electrons. The number of carbonyl (C=O) groups excluding carboxylic acids is 1. The average molecular weight is 460 g/mol. The molecule has 3 rings (SSSR count). The lowest BCUT2D eigenvalue weighted by molar-refractivity contribution is -0.116. The van der Waals surface area contributed by atoms with Crippen molar-refractivity contribution in [1.29, 1.82) is 0 Å². The maximum atomic E-state index is 13.2. The number of halogens is 1. The van der Waals surface area contributed by atoms with Crippen LogP contribution in [0.4, 0.5) is 10.1 Å². The summed E-state index contributed by atoms with van der Waals surface area (Å²) in [6.45, 7) is 3.45. The predicted octanol–water partition coefficient (Wildman–Crippen LogP) is 5.25. The minimum atomic E-state index is -4.50. The molecule has 0 bridgehead atoms. The van der Waals surface area contributed by atoms with Crippen LogP contribution in [-0.4, -0.2) is 20.9 Å². The molecule has 1 aromatic heterocycles. The summed E-state index contributed by atoms with van der Waals surface area (Å²) in [5.74, 6) is -0.204. The van der Waals surface area contributed by atoms with Gasteiger partial charge in [-0.05, 0) is 55.2 Å². The first-order valence-electron chi connectivity index (χ1n) is 10.4. The van der Waals surface area contributed by atoms with Gasteiger partial charge in [0.05, 0.1) is 11.4 Å². The third-order valence-corrected chi connectivity index (χ3v) is 7.79. The molecular weight excluding hydrogens is 434 g/mol. The van der Waals surface area contributed by atoms with Crippen LogP contribution in [0, 0.1) is 5.82 Å². The van der Waals surface area contributed by atoms with E-state index in [2.05, 4.69) is 10.5 Å². The Kier molecular flexibility index (Phi) is 7.29. The zero-order chi connectivity index (χ0) is 23.4. The van der Waals surface area contributed by atoms with Gasteiger partial charge >= 0.3 is 7.60 Å². The lowest BCUT2D eigenvalue weighted by Gasteiger charge is -2.34. The smallest absolute Gasteiger partial charge is 0.336 e. The number of anilines is 1. The summed E-state index contributed by atoms with van der Waals surface area (Å²) in [7, 11) is -4.50. The van der Waals surface area contributed by atoms with Gasteiger partial charge in [0.1, 0.15) is 5.82 Å². The van der Waals surface area contributed by atoms with E-state index in [1.165, 1.54) is 18.3 Å². The Labute approximate surface area is 185 Å². The van der Waals surface area contributed by atoms with E-state index in [1.54, 1.807) is 50.2 Å². The second-order valence-electron chi connectivity index (χ2n) is 7.56. The van der Waals surface area contributed by atoms with Gasteiger partial charge in [-0.15, -0.1) is 0 Å². The molecule has 3 aromatic rings. The highest BCUT2D eigenvalue weighted by Gasteiger charge is 2.46. The van der Waals surface area contributed by atoms with Gasteiger partial charge in [-0.2, -0.15) is 0 Å². The SMILES string of the molecule is CCC(CC)(c1ccccc1NC(=O)CCc1cnoc1-c1ccc(F)cc1)P(=O)(O)O. The Morgan fingerprint density at radius 1 is 1.12 bits per heavy atom. The number of carbonyl (C=O) groups is 1. The summed E-state index contributed by atoms with van der Waals surface area (Å²) in [6.07, 6.45) is 2.40. The van der Waals surface area contributed by atoms with Crippen LogP contribution in [0.1, 0.15) is 44.2 Å². The lowest BCUT2D eigenvalue weighted by Crippen LogP contribution is -2.27. The van der Waals surface area contributed by atoms with Crippen molar-refractivity contribution in [1.82, 2.24) is 5.16 Å². The van der Waals surface area contributed by atoms with Gasteiger partial charge in [-0.25, -0.2) is 4.39 Å². The highest BCUT2D eigenvalue weighted by atomic mass is 31.2. The molecule has 0 spiro atoms. The van der Waals surface area contributed by atoms with Crippen LogP contribution in [-0.2, 0) is 20.9 Å². The maximum absolute atomic E-state index is 13.2. The van der Waals surface area contributed by atoms with E-state index in [9.17, 15) is 23.5 Å². The van der Waals surface area contributed by atoms with Crippen LogP contribution in [0.2, 0.25) is 0 Å². The minimum Gasteiger partial charge on any atom is -0.356 e. The van der Waals surface area contributed by atoms with Gasteiger partial charge in [0.2, 0.25) is 5.91 Å². The van der Waals surface area contributed by atoms with Crippen molar-refractivity contribution < 1.29 is 28.1 Å². The molecule has 0 atom stereocenters. The molecule has 0 saturated heterocycles. The molecule has 0 aliphatic rings. The van der Waals surface area contributed by atoms with Crippen molar-refractivity contribution in [2.24, 2.45) is 0 Å². The molecule has 3 N–H and O–H groups in total. The Hall–Kier alpha value is -2.80. The van der Waals surface area contributed by atoms with Crippen LogP contribution in [0.5, 0.6) is 0 Å². The summed E-state index contributed by atoms with van der Waals surface area (Å²) in [5.41, 5.74) is 2.16. The average Bonchev–Trinajstić information content (AvgIpc) is 3.23. The molecule has 0 unspecified atom stereocenters. The summed E-state index contributed by atoms with van der Waals surface area (Å²) in [6, 6.07) is 12.5. The number of benzene rings is 2. The third-order valence-electron chi connectivity index (χ3n) is 5.80. The number of nitrogens with one attached hydrogen (secondary N) is 1. The van der Waals surface area contributed by atoms with Gasteiger partial charge < -0.3 is 19.6 Å². The Morgan fingerprint density at radius 2 is 1.78 bits per heavy atom. The number of amides is 1. The number of nitrogens with zero attached hydrogens (tertiary/aromatic N) is 1. The standard InChI is InChI=1S/C23H26FN2O5P/c1-3-23(4-2,32(28,29)30)19-7-5-6-8-20(19)26-21(27)14-11-17-15-25-31-22(17)16-9-12-18(24)13-10-16/h5-10,12-13,15H,3-4,11,14H2,1-2H3,(H,26,27)(H2,28,29,30). The van der Waals surface area contributed by atoms with Crippen molar-refractivity contribution in [3.8, 4) is 11.3 Å². The van der Waals surface area contributed by atoms with E-state index < -0.39 is 12.8 Å². The van der Waals surface area contributed by atoms with Crippen LogP contribution in [0.25, 0.3) is 11.3 Å². The first-order valence-corrected chi connectivity index (χ1v) is 12.0. The van der Waals surface area contributed by atoms with Gasteiger partial charge in [-0.1, -0.05) is 37.2 Å². The fourth-order valence-corrected chi connectivity index (χ4v) is 5.27. The number of rotatable bonds is 9. The highest BCUT2D eigenvalue weighted by Crippen LogP contribution is 2.62. The maximum Gasteiger partial charge on any atom is 0.336 e. The lowest BCUT2D eigenvalue weighted by atomic mass is 9.91. The number of para-hydroxylation sites is 1. The van der Waals surface area contributed by atoms with Crippen molar-refractivity contribution in [3.63, 3.8) is 0 Å². The summed E-state index contributed by atoms with van der Waals surface area (Å²) >= 11 is 0. The van der Waals surface area contributed by atoms with Crippen LogP contribution >= 0.6 is 7.60 Å². The van der Waals surface area contributed by atoms with E-state index in [0.29, 0.717) is 34.6 Å². The topological polar surface area (TPSA) is 113 Å². The van der Waals surface area contributed by atoms with Crippen molar-refractivity contribution >= 4 is 19.2 Å². The number of hydrogen-bond acceptors (Lipinski definition) is 4. The van der Waals surface area contributed by atoms with Gasteiger partial charge in [0, 0.05) is 23.2 Å². The van der Waals surface area contributed by atoms with Crippen molar-refractivity contribution in [2.75, 3.05) is 5.32 Å². The van der Waals surface area contributed by atoms with E-state index >= 15 is 0 Å². The zero-order valence-electron chi connectivity index (χ0n) is 17.9. The molecule has 1 amide bonds. The molecule has 9 heteroatoms. The number of aryl methyl sites for hydroxylation is 1. The van der Waals surface area contributed by atoms with Crippen LogP contribution < -0.4 is 5.32 Å². The Morgan fingerprint density at radius 3 is 2.41 bits per heavy atom. The molecule has 0 saturated carbocycles. The predicted molar refractivity (Wildman–Crippen MR) is 120 cm³/mol. The molecule has 170 valence electrons. The summed E-state index contributed by atoms with van der Waals surface area (Å²) in [5, 5.41) is 5.22. The van der Waals surface area contributed by atoms with Gasteiger partial charge in [0.15, 0.2) is 5.76 Å². The van der Waals surface area contributed by atoms with Crippen molar-refractivity contribution in [2.45, 2.75) is 44.7 Å². The van der Waals surface area contributed by atoms with Crippen LogP contribution in [0.3, 0.4) is 0 Å². The fraction of sp³-hybridized carbons (Fsp3) is 0.304. The third kappa shape index (κ3) is 4.83. The monoisotopic (exact) mass is 460 g/mol. The number of aromatic nitrogens is 1. The Bertz CT molecular complexity index is 1120. The molecule has 32 heavy (non-hydrogen) atoms. The molecule has 2 aromatic carbocycles. The van der Waals surface area contributed by atoms with Crippen molar-refractivity contribution in [3.05, 3.63) is 71.7 Å². The minimum absolute atomic E-state index is 0.102. The van der Waals surface area contributed by atoms with Gasteiger partial charge in [0.25, 0.3) is 0 Å². The summed E-state index contributed by atoms with van der Waals surface area (Å²) in [4.78, 5) is 32.9. The molecule has 0 aliphatic heterocycles. The first-order chi connectivity index (χ1) is 15.2. The Balaban J connectivity index is 1.77. The molecule has 7 nitrogen and oxygen atoms in total. The van der Waals surface area contributed by atoms with E-state index in [-0.39, 0.29) is 31.0 Å². The van der Waals surface area contributed by atoms with Crippen LogP contribution in [0.15, 0.2) is 59.3 Å². The second-order valence-corrected chi connectivity index (χ2v) is 9.51. The van der Waals surface area contributed by atoms with E-state index in [0.717, 1.165) is 0 Å². The fourth-order valence-electron chi connectivity index (χ4n) is 3.94. The van der Waals surface area contributed by atoms with E-state index in [1.807, 2.05) is 0 Å². The number of hydrogen-bond donors (Lipinski definition) is 3. The quantitative estimate of drug-likeness (QED) is 0.376. The van der Waals surface area contributed by atoms with Gasteiger partial charge in [-0.3, -0.25) is 9.36 Å². The highest BCUT2D eigenvalue weighted by molar-refractivity contribution is 7.53. The summed E-state index contributed by atoms with van der Waals surface area (Å²) < 4.78 is 30.8. The van der Waals surface area contributed by atoms with E-state index in [4.69, 9.17) is 4.52 Å². The normalized spacial score (nSPS) is 12.0.